The van der Waals surface area contributed by atoms with E-state index >= 15 is 0 Å². The highest BCUT2D eigenvalue weighted by Crippen LogP contribution is 2.27. The van der Waals surface area contributed by atoms with Gasteiger partial charge in [-0.2, -0.15) is 5.26 Å². The molecule has 29 heavy (non-hydrogen) atoms. The van der Waals surface area contributed by atoms with Gasteiger partial charge in [-0.25, -0.2) is 4.98 Å². The molecule has 0 aliphatic carbocycles. The van der Waals surface area contributed by atoms with Crippen molar-refractivity contribution < 1.29 is 10.6 Å². The third-order valence-electron chi connectivity index (χ3n) is 4.39. The van der Waals surface area contributed by atoms with Crippen LogP contribution in [-0.4, -0.2) is 17.1 Å². The molecule has 1 amide bonds. The minimum Gasteiger partial charge on any atom is -0.425 e. The molecule has 0 spiro atoms. The fraction of sp³-hybridized carbons (Fsp3) is 0.182. The molecule has 0 atom stereocenters. The number of hydrogen-bond donors (Lipinski definition) is 3. The molecule has 0 bridgehead atoms. The van der Waals surface area contributed by atoms with Crippen LogP contribution in [0.5, 0.6) is 0 Å². The van der Waals surface area contributed by atoms with E-state index in [-0.39, 0.29) is 13.3 Å². The van der Waals surface area contributed by atoms with Gasteiger partial charge in [0.15, 0.2) is 5.89 Å². The van der Waals surface area contributed by atoms with E-state index in [2.05, 4.69) is 21.7 Å². The highest BCUT2D eigenvalue weighted by molar-refractivity contribution is 6.06. The molecule has 0 saturated heterocycles. The van der Waals surface area contributed by atoms with Crippen molar-refractivity contribution in [2.45, 2.75) is 26.7 Å². The van der Waals surface area contributed by atoms with Gasteiger partial charge in [-0.1, -0.05) is 19.9 Å². The first kappa shape index (κ1) is 19.8. The predicted octanol–water partition coefficient (Wildman–Crippen LogP) is 5.22. The number of amides is 1. The summed E-state index contributed by atoms with van der Waals surface area (Å²) in [6, 6.07) is 12.5. The van der Waals surface area contributed by atoms with Gasteiger partial charge in [0.1, 0.15) is 0 Å². The molecule has 1 heterocycles. The van der Waals surface area contributed by atoms with E-state index in [1.54, 1.807) is 49.5 Å². The molecule has 7 heteroatoms. The number of carbonyl (C=O) groups excluding carboxylic acids is 1. The number of nitriles is 1. The number of benzene rings is 2. The van der Waals surface area contributed by atoms with Crippen molar-refractivity contribution in [2.75, 3.05) is 10.6 Å². The molecule has 1 aromatic heterocycles. The van der Waals surface area contributed by atoms with Crippen molar-refractivity contribution in [2.24, 2.45) is 0 Å². The van der Waals surface area contributed by atoms with Crippen molar-refractivity contribution in [3.63, 3.8) is 0 Å². The second-order valence-electron chi connectivity index (χ2n) is 6.80. The highest BCUT2D eigenvalue weighted by Gasteiger charge is 2.18. The predicted molar refractivity (Wildman–Crippen MR) is 114 cm³/mol. The monoisotopic (exact) mass is 389 g/mol. The second-order valence-corrected chi connectivity index (χ2v) is 6.80. The van der Waals surface area contributed by atoms with Crippen LogP contribution in [0.15, 0.2) is 47.0 Å². The molecule has 0 unspecified atom stereocenters. The molecule has 3 N–H and O–H groups in total. The summed E-state index contributed by atoms with van der Waals surface area (Å²) in [7, 11) is 0. The molecule has 0 radical (unpaired) electrons. The maximum Gasteiger partial charge on any atom is 0.255 e. The van der Waals surface area contributed by atoms with Crippen molar-refractivity contribution in [3.05, 3.63) is 70.7 Å². The maximum absolute atomic E-state index is 12.9. The van der Waals surface area contributed by atoms with Crippen LogP contribution >= 0.6 is 0 Å². The van der Waals surface area contributed by atoms with E-state index < -0.39 is 0 Å². The quantitative estimate of drug-likeness (QED) is 0.500. The van der Waals surface area contributed by atoms with E-state index in [0.29, 0.717) is 39.8 Å². The number of nitrogens with one attached hydrogen (secondary N) is 3. The zero-order valence-corrected chi connectivity index (χ0v) is 16.4. The molecule has 2 aromatic carbocycles. The lowest BCUT2D eigenvalue weighted by Crippen LogP contribution is -2.16. The molecule has 3 aromatic rings. The molecule has 0 saturated carbocycles. The molecule has 7 nitrogen and oxygen atoms in total. The number of rotatable bonds is 6. The fourth-order valence-electron chi connectivity index (χ4n) is 3.10. The number of nitrogens with zero attached hydrogens (tertiary/aromatic N) is 2. The lowest BCUT2D eigenvalue weighted by molar-refractivity contribution is 0.102. The Morgan fingerprint density at radius 2 is 2.14 bits per heavy atom. The minimum absolute atomic E-state index is 0. The van der Waals surface area contributed by atoms with Crippen molar-refractivity contribution in [3.8, 4) is 6.07 Å². The van der Waals surface area contributed by atoms with Crippen LogP contribution in [-0.2, 0) is 0 Å². The topological polar surface area (TPSA) is 115 Å². The average molecular weight is 389 g/mol. The van der Waals surface area contributed by atoms with Crippen LogP contribution in [0.3, 0.4) is 0 Å². The number of oxazole rings is 1. The van der Waals surface area contributed by atoms with Gasteiger partial charge in [0.05, 0.1) is 23.5 Å². The summed E-state index contributed by atoms with van der Waals surface area (Å²) in [4.78, 5) is 17.0. The van der Waals surface area contributed by atoms with Gasteiger partial charge in [0, 0.05) is 31.4 Å². The zero-order valence-electron chi connectivity index (χ0n) is 16.4. The maximum atomic E-state index is 12.9. The third-order valence-corrected chi connectivity index (χ3v) is 4.39. The first-order chi connectivity index (χ1) is 13.9. The Kier molecular flexibility index (Phi) is 5.74. The smallest absolute Gasteiger partial charge is 0.255 e. The Balaban J connectivity index is 0.00000320. The van der Waals surface area contributed by atoms with Crippen molar-refractivity contribution in [1.29, 1.82) is 10.7 Å². The van der Waals surface area contributed by atoms with E-state index in [0.717, 1.165) is 5.56 Å². The summed E-state index contributed by atoms with van der Waals surface area (Å²) in [5.41, 5.74) is 3.47. The second kappa shape index (κ2) is 8.40. The Hall–Kier alpha value is -3.92. The van der Waals surface area contributed by atoms with E-state index in [1.807, 2.05) is 13.8 Å². The van der Waals surface area contributed by atoms with Crippen LogP contribution in [0, 0.1) is 23.7 Å². The summed E-state index contributed by atoms with van der Waals surface area (Å²) in [5.74, 6) is 0.693. The number of carbonyl (C=O) groups is 1. The van der Waals surface area contributed by atoms with Gasteiger partial charge in [-0.15, -0.1) is 0 Å². The molecule has 0 aliphatic rings. The normalized spacial score (nSPS) is 10.4. The summed E-state index contributed by atoms with van der Waals surface area (Å²) >= 11 is 0. The summed E-state index contributed by atoms with van der Waals surface area (Å²) in [5, 5.41) is 22.9. The van der Waals surface area contributed by atoms with Gasteiger partial charge in [0.2, 0.25) is 5.88 Å². The van der Waals surface area contributed by atoms with Crippen LogP contribution in [0.25, 0.3) is 0 Å². The number of aromatic nitrogens is 1. The van der Waals surface area contributed by atoms with Gasteiger partial charge < -0.3 is 20.5 Å². The van der Waals surface area contributed by atoms with E-state index in [4.69, 9.17) is 9.83 Å². The molecule has 3 rings (SSSR count). The van der Waals surface area contributed by atoms with Gasteiger partial charge in [-0.05, 0) is 41.8 Å². The van der Waals surface area contributed by atoms with E-state index in [9.17, 15) is 10.1 Å². The first-order valence-electron chi connectivity index (χ1n) is 9.11. The lowest BCUT2D eigenvalue weighted by atomic mass is 9.92. The van der Waals surface area contributed by atoms with Crippen LogP contribution in [0.4, 0.5) is 17.3 Å². The molecule has 148 valence electrons. The molecule has 0 aliphatic heterocycles. The van der Waals surface area contributed by atoms with Gasteiger partial charge >= 0.3 is 0 Å². The standard InChI is InChI=1S/C22H21N5O2.H2/c1-13(2)21-16(11-24)5-4-6-18(21)22(28)26-17-8-7-15(10-23)19(9-17)27-20-12-25-14(3)29-20;/h4-10,12-13,23,27H,1-3H3,(H,26,28);1H. The fourth-order valence-corrected chi connectivity index (χ4v) is 3.10. The Morgan fingerprint density at radius 1 is 1.34 bits per heavy atom. The summed E-state index contributed by atoms with van der Waals surface area (Å²) in [6.45, 7) is 5.64. The SMILES string of the molecule is Cc1ncc(Nc2cc(NC(=O)c3cccc(C#N)c3C(C)C)ccc2C=N)o1.[HH]. The van der Waals surface area contributed by atoms with Gasteiger partial charge in [-0.3, -0.25) is 4.79 Å². The largest absolute Gasteiger partial charge is 0.425 e. The van der Waals surface area contributed by atoms with Crippen LogP contribution in [0.2, 0.25) is 0 Å². The molecular weight excluding hydrogens is 366 g/mol. The zero-order chi connectivity index (χ0) is 21.0. The van der Waals surface area contributed by atoms with Crippen molar-refractivity contribution in [1.82, 2.24) is 4.98 Å². The summed E-state index contributed by atoms with van der Waals surface area (Å²) < 4.78 is 5.43. The molecular formula is C22H23N5O2. The number of aryl methyl sites for hydroxylation is 1. The summed E-state index contributed by atoms with van der Waals surface area (Å²) in [6.07, 6.45) is 2.76. The van der Waals surface area contributed by atoms with Crippen LogP contribution < -0.4 is 10.6 Å². The number of anilines is 3. The minimum atomic E-state index is -0.296. The Bertz CT molecular complexity index is 1110. The third kappa shape index (κ3) is 4.33. The Labute approximate surface area is 170 Å². The van der Waals surface area contributed by atoms with Gasteiger partial charge in [0.25, 0.3) is 5.91 Å². The lowest BCUT2D eigenvalue weighted by Gasteiger charge is -2.15. The first-order valence-corrected chi connectivity index (χ1v) is 9.11. The average Bonchev–Trinajstić information content (AvgIpc) is 3.12. The highest BCUT2D eigenvalue weighted by atomic mass is 16.4. The van der Waals surface area contributed by atoms with Crippen molar-refractivity contribution >= 4 is 29.4 Å². The Morgan fingerprint density at radius 3 is 2.76 bits per heavy atom. The number of hydrogen-bond acceptors (Lipinski definition) is 6. The molecule has 0 fully saturated rings. The van der Waals surface area contributed by atoms with Crippen LogP contribution in [0.1, 0.15) is 54.1 Å². The van der Waals surface area contributed by atoms with E-state index in [1.165, 1.54) is 6.21 Å².